The summed E-state index contributed by atoms with van der Waals surface area (Å²) in [6, 6.07) is 5.93. The minimum Gasteiger partial charge on any atom is -0.375 e. The van der Waals surface area contributed by atoms with Gasteiger partial charge in [-0.2, -0.15) is 11.3 Å². The maximum Gasteiger partial charge on any atom is 0.244 e. The van der Waals surface area contributed by atoms with Crippen LogP contribution in [-0.2, 0) is 9.53 Å². The highest BCUT2D eigenvalue weighted by atomic mass is 32.1. The number of amides is 1. The van der Waals surface area contributed by atoms with Crippen molar-refractivity contribution in [2.75, 3.05) is 13.7 Å². The van der Waals surface area contributed by atoms with Crippen LogP contribution in [0, 0.1) is 0 Å². The van der Waals surface area contributed by atoms with Crippen LogP contribution in [0.4, 0.5) is 0 Å². The molecule has 5 heteroatoms. The van der Waals surface area contributed by atoms with Crippen molar-refractivity contribution in [3.05, 3.63) is 50.9 Å². The molecule has 2 aromatic heterocycles. The van der Waals surface area contributed by atoms with Crippen LogP contribution in [0.1, 0.15) is 16.5 Å². The van der Waals surface area contributed by atoms with E-state index in [0.717, 1.165) is 10.4 Å². The molecule has 1 amide bonds. The summed E-state index contributed by atoms with van der Waals surface area (Å²) in [5, 5.41) is 8.85. The van der Waals surface area contributed by atoms with Crippen LogP contribution in [0.15, 0.2) is 40.4 Å². The Hall–Kier alpha value is -1.43. The molecule has 3 nitrogen and oxygen atoms in total. The van der Waals surface area contributed by atoms with Crippen molar-refractivity contribution in [3.63, 3.8) is 0 Å². The second-order valence-electron chi connectivity index (χ2n) is 3.87. The van der Waals surface area contributed by atoms with E-state index in [1.165, 1.54) is 0 Å². The first-order valence-corrected chi connectivity index (χ1v) is 7.66. The van der Waals surface area contributed by atoms with E-state index in [1.54, 1.807) is 35.9 Å². The summed E-state index contributed by atoms with van der Waals surface area (Å²) >= 11 is 3.22. The largest absolute Gasteiger partial charge is 0.375 e. The molecule has 1 unspecified atom stereocenters. The Balaban J connectivity index is 1.82. The number of carbonyl (C=O) groups excluding carboxylic acids is 1. The van der Waals surface area contributed by atoms with Crippen LogP contribution in [0.25, 0.3) is 6.08 Å². The summed E-state index contributed by atoms with van der Waals surface area (Å²) in [5.74, 6) is -0.106. The Labute approximate surface area is 120 Å². The van der Waals surface area contributed by atoms with E-state index in [2.05, 4.69) is 5.32 Å². The third-order valence-electron chi connectivity index (χ3n) is 2.60. The lowest BCUT2D eigenvalue weighted by molar-refractivity contribution is -0.117. The van der Waals surface area contributed by atoms with Crippen LogP contribution in [0.5, 0.6) is 0 Å². The van der Waals surface area contributed by atoms with Gasteiger partial charge in [0.05, 0.1) is 0 Å². The molecule has 100 valence electrons. The van der Waals surface area contributed by atoms with E-state index in [-0.39, 0.29) is 12.0 Å². The number of carbonyl (C=O) groups is 1. The molecule has 0 spiro atoms. The van der Waals surface area contributed by atoms with Gasteiger partial charge >= 0.3 is 0 Å². The third kappa shape index (κ3) is 4.31. The number of hydrogen-bond donors (Lipinski definition) is 1. The fourth-order valence-electron chi connectivity index (χ4n) is 1.59. The van der Waals surface area contributed by atoms with Gasteiger partial charge in [0, 0.05) is 24.6 Å². The zero-order valence-corrected chi connectivity index (χ0v) is 12.2. The normalized spacial score (nSPS) is 12.7. The van der Waals surface area contributed by atoms with Gasteiger partial charge in [-0.25, -0.2) is 0 Å². The van der Waals surface area contributed by atoms with Gasteiger partial charge in [-0.05, 0) is 39.9 Å². The Bertz CT molecular complexity index is 518. The lowest BCUT2D eigenvalue weighted by atomic mass is 10.2. The Morgan fingerprint density at radius 3 is 3.00 bits per heavy atom. The SMILES string of the molecule is COC(CNC(=O)/C=C/c1cccs1)c1ccsc1. The predicted octanol–water partition coefficient (Wildman–Crippen LogP) is 3.33. The molecule has 19 heavy (non-hydrogen) atoms. The third-order valence-corrected chi connectivity index (χ3v) is 4.14. The van der Waals surface area contributed by atoms with Crippen molar-refractivity contribution in [3.8, 4) is 0 Å². The van der Waals surface area contributed by atoms with Crippen molar-refractivity contribution < 1.29 is 9.53 Å². The number of ether oxygens (including phenoxy) is 1. The van der Waals surface area contributed by atoms with Gasteiger partial charge < -0.3 is 10.1 Å². The number of hydrogen-bond acceptors (Lipinski definition) is 4. The molecule has 2 heterocycles. The van der Waals surface area contributed by atoms with Gasteiger partial charge in [-0.3, -0.25) is 4.79 Å². The quantitative estimate of drug-likeness (QED) is 0.830. The molecule has 2 aromatic rings. The topological polar surface area (TPSA) is 38.3 Å². The predicted molar refractivity (Wildman–Crippen MR) is 80.4 cm³/mol. The standard InChI is InChI=1S/C14H15NO2S2/c1-17-13(11-6-8-18-10-11)9-15-14(16)5-4-12-3-2-7-19-12/h2-8,10,13H,9H2,1H3,(H,15,16)/b5-4+. The summed E-state index contributed by atoms with van der Waals surface area (Å²) in [4.78, 5) is 12.7. The van der Waals surface area contributed by atoms with Crippen LogP contribution in [0.3, 0.4) is 0 Å². The maximum absolute atomic E-state index is 11.7. The van der Waals surface area contributed by atoms with E-state index >= 15 is 0 Å². The number of nitrogens with one attached hydrogen (secondary N) is 1. The zero-order chi connectivity index (χ0) is 13.5. The van der Waals surface area contributed by atoms with Gasteiger partial charge in [-0.1, -0.05) is 6.07 Å². The van der Waals surface area contributed by atoms with Gasteiger partial charge in [-0.15, -0.1) is 11.3 Å². The molecule has 0 aromatic carbocycles. The number of rotatable bonds is 6. The summed E-state index contributed by atoms with van der Waals surface area (Å²) in [5.41, 5.74) is 1.09. The fourth-order valence-corrected chi connectivity index (χ4v) is 2.91. The fraction of sp³-hybridized carbons (Fsp3) is 0.214. The molecule has 0 saturated heterocycles. The highest BCUT2D eigenvalue weighted by Gasteiger charge is 2.11. The maximum atomic E-state index is 11.7. The van der Waals surface area contributed by atoms with Crippen LogP contribution < -0.4 is 5.32 Å². The van der Waals surface area contributed by atoms with Crippen molar-refractivity contribution in [2.24, 2.45) is 0 Å². The first kappa shape index (κ1) is 14.0. The second-order valence-corrected chi connectivity index (χ2v) is 5.63. The average molecular weight is 293 g/mol. The Morgan fingerprint density at radius 2 is 2.37 bits per heavy atom. The van der Waals surface area contributed by atoms with E-state index in [0.29, 0.717) is 6.54 Å². The van der Waals surface area contributed by atoms with Crippen molar-refractivity contribution in [1.29, 1.82) is 0 Å². The van der Waals surface area contributed by atoms with Gasteiger partial charge in [0.25, 0.3) is 0 Å². The lowest BCUT2D eigenvalue weighted by Crippen LogP contribution is -2.27. The Kier molecular flexibility index (Phi) is 5.32. The summed E-state index contributed by atoms with van der Waals surface area (Å²) in [6.07, 6.45) is 3.27. The molecule has 1 N–H and O–H groups in total. The zero-order valence-electron chi connectivity index (χ0n) is 10.5. The molecular formula is C14H15NO2S2. The smallest absolute Gasteiger partial charge is 0.244 e. The molecule has 0 aliphatic rings. The van der Waals surface area contributed by atoms with E-state index < -0.39 is 0 Å². The Morgan fingerprint density at radius 1 is 1.47 bits per heavy atom. The number of thiophene rings is 2. The average Bonchev–Trinajstić information content (AvgIpc) is 3.10. The molecule has 1 atom stereocenters. The van der Waals surface area contributed by atoms with Crippen molar-refractivity contribution in [1.82, 2.24) is 5.32 Å². The van der Waals surface area contributed by atoms with Gasteiger partial charge in [0.2, 0.25) is 5.91 Å². The van der Waals surface area contributed by atoms with Crippen LogP contribution >= 0.6 is 22.7 Å². The molecular weight excluding hydrogens is 278 g/mol. The summed E-state index contributed by atoms with van der Waals surface area (Å²) < 4.78 is 5.37. The van der Waals surface area contributed by atoms with E-state index in [1.807, 2.05) is 40.4 Å². The molecule has 0 aliphatic carbocycles. The molecule has 0 bridgehead atoms. The first-order valence-electron chi connectivity index (χ1n) is 5.84. The molecule has 0 aliphatic heterocycles. The lowest BCUT2D eigenvalue weighted by Gasteiger charge is -2.14. The minimum atomic E-state index is -0.106. The summed E-state index contributed by atoms with van der Waals surface area (Å²) in [6.45, 7) is 0.473. The highest BCUT2D eigenvalue weighted by molar-refractivity contribution is 7.10. The molecule has 2 rings (SSSR count). The second kappa shape index (κ2) is 7.23. The molecule has 0 fully saturated rings. The van der Waals surface area contributed by atoms with Gasteiger partial charge in [0.15, 0.2) is 0 Å². The van der Waals surface area contributed by atoms with Crippen LogP contribution in [-0.4, -0.2) is 19.6 Å². The molecule has 0 radical (unpaired) electrons. The number of methoxy groups -OCH3 is 1. The first-order chi connectivity index (χ1) is 9.29. The highest BCUT2D eigenvalue weighted by Crippen LogP contribution is 2.18. The summed E-state index contributed by atoms with van der Waals surface area (Å²) in [7, 11) is 1.65. The minimum absolute atomic E-state index is 0.0923. The van der Waals surface area contributed by atoms with Gasteiger partial charge in [0.1, 0.15) is 6.10 Å². The van der Waals surface area contributed by atoms with Crippen LogP contribution in [0.2, 0.25) is 0 Å². The van der Waals surface area contributed by atoms with Crippen molar-refractivity contribution in [2.45, 2.75) is 6.10 Å². The van der Waals surface area contributed by atoms with E-state index in [9.17, 15) is 4.79 Å². The molecule has 0 saturated carbocycles. The van der Waals surface area contributed by atoms with Crippen molar-refractivity contribution >= 4 is 34.7 Å². The van der Waals surface area contributed by atoms with E-state index in [4.69, 9.17) is 4.74 Å². The monoisotopic (exact) mass is 293 g/mol.